The SMILES string of the molecule is Fc1cc(-c2cc3ccccc3c3c2C[NH2+]Cc2ccc4ccccc4c2-c2c(ccc4ccccc24)CC2CCCC2Cc2c(-c4cc(F)c(F)c(F)c4)cc4ccccc4c2-3)cc(F)c1F. The van der Waals surface area contributed by atoms with Crippen molar-refractivity contribution in [3.8, 4) is 44.5 Å². The topological polar surface area (TPSA) is 16.6 Å². The van der Waals surface area contributed by atoms with Gasteiger partial charge in [-0.1, -0.05) is 128 Å². The minimum atomic E-state index is -1.55. The summed E-state index contributed by atoms with van der Waals surface area (Å²) < 4.78 is 91.6. The number of rotatable bonds is 2. The van der Waals surface area contributed by atoms with Crippen LogP contribution in [0.1, 0.15) is 41.5 Å². The van der Waals surface area contributed by atoms with Gasteiger partial charge < -0.3 is 5.32 Å². The fourth-order valence-electron chi connectivity index (χ4n) is 11.8. The quantitative estimate of drug-likeness (QED) is 0.131. The van der Waals surface area contributed by atoms with Gasteiger partial charge in [0.05, 0.1) is 0 Å². The molecule has 2 N–H and O–H groups in total. The van der Waals surface area contributed by atoms with Crippen molar-refractivity contribution in [2.75, 3.05) is 0 Å². The maximum absolute atomic E-state index is 15.5. The molecule has 68 heavy (non-hydrogen) atoms. The Morgan fingerprint density at radius 3 is 1.31 bits per heavy atom. The van der Waals surface area contributed by atoms with Crippen molar-refractivity contribution >= 4 is 43.1 Å². The van der Waals surface area contributed by atoms with E-state index >= 15 is 17.6 Å². The van der Waals surface area contributed by atoms with Gasteiger partial charge in [-0.15, -0.1) is 0 Å². The Balaban J connectivity index is 1.21. The van der Waals surface area contributed by atoms with E-state index in [2.05, 4.69) is 84.2 Å². The van der Waals surface area contributed by atoms with Crippen LogP contribution in [0.15, 0.2) is 158 Å². The number of hydrogen-bond donors (Lipinski definition) is 1. The molecule has 12 rings (SSSR count). The van der Waals surface area contributed by atoms with Gasteiger partial charge in [-0.25, -0.2) is 26.3 Å². The van der Waals surface area contributed by atoms with E-state index in [0.717, 1.165) is 115 Å². The summed E-state index contributed by atoms with van der Waals surface area (Å²) in [5, 5.41) is 10.2. The predicted octanol–water partition coefficient (Wildman–Crippen LogP) is 15.6. The van der Waals surface area contributed by atoms with Gasteiger partial charge in [0, 0.05) is 11.1 Å². The highest BCUT2D eigenvalue weighted by Gasteiger charge is 2.33. The van der Waals surface area contributed by atoms with E-state index in [-0.39, 0.29) is 23.0 Å². The second-order valence-electron chi connectivity index (χ2n) is 18.7. The number of hydrogen-bond acceptors (Lipinski definition) is 0. The molecular formula is C61H44F6N+. The molecule has 0 amide bonds. The molecule has 1 saturated carbocycles. The monoisotopic (exact) mass is 904 g/mol. The zero-order valence-electron chi connectivity index (χ0n) is 37.0. The third-order valence-electron chi connectivity index (χ3n) is 14.9. The van der Waals surface area contributed by atoms with Crippen molar-refractivity contribution in [1.82, 2.24) is 0 Å². The van der Waals surface area contributed by atoms with E-state index in [9.17, 15) is 8.78 Å². The summed E-state index contributed by atoms with van der Waals surface area (Å²) >= 11 is 0. The lowest BCUT2D eigenvalue weighted by atomic mass is 9.76. The summed E-state index contributed by atoms with van der Waals surface area (Å²) in [6.45, 7) is 0.864. The molecule has 1 aliphatic heterocycles. The van der Waals surface area contributed by atoms with Gasteiger partial charge >= 0.3 is 0 Å². The maximum Gasteiger partial charge on any atom is 0.194 e. The summed E-state index contributed by atoms with van der Waals surface area (Å²) in [4.78, 5) is 0. The van der Waals surface area contributed by atoms with Gasteiger partial charge in [0.15, 0.2) is 34.9 Å². The summed E-state index contributed by atoms with van der Waals surface area (Å²) in [5.41, 5.74) is 9.56. The third-order valence-corrected chi connectivity index (χ3v) is 14.9. The van der Waals surface area contributed by atoms with Crippen LogP contribution in [0.4, 0.5) is 26.3 Å². The average molecular weight is 905 g/mol. The van der Waals surface area contributed by atoms with Crippen molar-refractivity contribution in [1.29, 1.82) is 0 Å². The number of fused-ring (bicyclic) bond motifs is 15. The maximum atomic E-state index is 15.5. The van der Waals surface area contributed by atoms with Crippen LogP contribution in [0.5, 0.6) is 0 Å². The van der Waals surface area contributed by atoms with Crippen LogP contribution in [-0.2, 0) is 25.9 Å². The Morgan fingerprint density at radius 2 is 0.779 bits per heavy atom. The molecule has 2 atom stereocenters. The Morgan fingerprint density at radius 1 is 0.368 bits per heavy atom. The summed E-state index contributed by atoms with van der Waals surface area (Å²) in [5.74, 6) is -7.87. The Labute approximate surface area is 389 Å². The van der Waals surface area contributed by atoms with Crippen LogP contribution < -0.4 is 5.32 Å². The van der Waals surface area contributed by atoms with Crippen molar-refractivity contribution in [2.24, 2.45) is 11.8 Å². The normalized spacial score (nSPS) is 16.2. The minimum Gasteiger partial charge on any atom is -0.339 e. The zero-order chi connectivity index (χ0) is 46.2. The highest BCUT2D eigenvalue weighted by molar-refractivity contribution is 6.12. The standard InChI is InChI=1S/C61H43F6N/c62-52-28-42(29-53(63)60(52)66)48-26-38-12-3-7-18-46(38)58-50(48)25-37-15-9-14-36(37)24-40-22-20-34-10-1-5-16-44(34)56(40)57-41(23-21-35-11-2-6-17-45(35)57)32-68-33-51-49(43-30-54(64)61(67)55(65)31-43)27-39-13-4-8-19-47(39)59(51)58/h1-8,10-13,16-23,26-31,36-37,68H,9,14-15,24-25,32-33H2/p+1. The molecule has 10 aromatic carbocycles. The van der Waals surface area contributed by atoms with Gasteiger partial charge in [-0.2, -0.15) is 0 Å². The molecule has 1 fully saturated rings. The van der Waals surface area contributed by atoms with Gasteiger partial charge in [0.25, 0.3) is 0 Å². The van der Waals surface area contributed by atoms with Crippen molar-refractivity contribution in [2.45, 2.75) is 45.2 Å². The smallest absolute Gasteiger partial charge is 0.194 e. The first-order chi connectivity index (χ1) is 33.2. The fourth-order valence-corrected chi connectivity index (χ4v) is 11.8. The van der Waals surface area contributed by atoms with Crippen LogP contribution in [0.3, 0.4) is 0 Å². The molecule has 334 valence electrons. The molecule has 0 bridgehead atoms. The summed E-state index contributed by atoms with van der Waals surface area (Å²) in [7, 11) is 0. The Bertz CT molecular complexity index is 3640. The predicted molar refractivity (Wildman–Crippen MR) is 262 cm³/mol. The molecule has 0 aromatic heterocycles. The molecule has 2 unspecified atom stereocenters. The molecule has 1 heterocycles. The lowest BCUT2D eigenvalue weighted by molar-refractivity contribution is -0.686. The van der Waals surface area contributed by atoms with Gasteiger partial charge in [-0.3, -0.25) is 0 Å². The molecule has 0 radical (unpaired) electrons. The van der Waals surface area contributed by atoms with Crippen molar-refractivity contribution < 1.29 is 31.7 Å². The van der Waals surface area contributed by atoms with Crippen LogP contribution in [0.2, 0.25) is 0 Å². The Hall–Kier alpha value is -7.22. The molecule has 7 heteroatoms. The third kappa shape index (κ3) is 7.05. The number of quaternary nitrogens is 1. The van der Waals surface area contributed by atoms with Gasteiger partial charge in [0.2, 0.25) is 0 Å². The van der Waals surface area contributed by atoms with E-state index in [0.29, 0.717) is 30.6 Å². The van der Waals surface area contributed by atoms with Crippen LogP contribution in [0, 0.1) is 46.7 Å². The zero-order valence-corrected chi connectivity index (χ0v) is 37.0. The van der Waals surface area contributed by atoms with E-state index in [1.807, 2.05) is 54.6 Å². The van der Waals surface area contributed by atoms with E-state index in [4.69, 9.17) is 0 Å². The van der Waals surface area contributed by atoms with Crippen molar-refractivity contribution in [3.05, 3.63) is 215 Å². The fraction of sp³-hybridized carbons (Fsp3) is 0.148. The average Bonchev–Trinajstić information content (AvgIpc) is 3.79. The largest absolute Gasteiger partial charge is 0.339 e. The highest BCUT2D eigenvalue weighted by atomic mass is 19.2. The highest BCUT2D eigenvalue weighted by Crippen LogP contribution is 2.50. The van der Waals surface area contributed by atoms with Crippen molar-refractivity contribution in [3.63, 3.8) is 0 Å². The second-order valence-corrected chi connectivity index (χ2v) is 18.7. The van der Waals surface area contributed by atoms with E-state index in [1.165, 1.54) is 22.1 Å². The molecule has 0 saturated heterocycles. The molecule has 2 aliphatic rings. The molecule has 0 spiro atoms. The molecular weight excluding hydrogens is 861 g/mol. The first kappa shape index (κ1) is 42.2. The first-order valence-corrected chi connectivity index (χ1v) is 23.4. The lowest BCUT2D eigenvalue weighted by Gasteiger charge is -2.27. The molecule has 1 aliphatic carbocycles. The minimum absolute atomic E-state index is 0.130. The number of halogens is 6. The summed E-state index contributed by atoms with van der Waals surface area (Å²) in [6, 6.07) is 49.9. The lowest BCUT2D eigenvalue weighted by Crippen LogP contribution is -2.80. The number of nitrogens with two attached hydrogens (primary N) is 1. The van der Waals surface area contributed by atoms with Gasteiger partial charge in [0.1, 0.15) is 13.1 Å². The number of benzene rings is 10. The summed E-state index contributed by atoms with van der Waals surface area (Å²) in [6.07, 6.45) is 4.23. The van der Waals surface area contributed by atoms with E-state index < -0.39 is 34.9 Å². The van der Waals surface area contributed by atoms with Crippen LogP contribution in [-0.4, -0.2) is 0 Å². The molecule has 10 aromatic rings. The van der Waals surface area contributed by atoms with Gasteiger partial charge in [-0.05, 0) is 173 Å². The van der Waals surface area contributed by atoms with Crippen LogP contribution in [0.25, 0.3) is 87.6 Å². The second kappa shape index (κ2) is 16.8. The van der Waals surface area contributed by atoms with Crippen LogP contribution >= 0.6 is 0 Å². The first-order valence-electron chi connectivity index (χ1n) is 23.4. The van der Waals surface area contributed by atoms with E-state index in [1.54, 1.807) is 0 Å². The Kier molecular flexibility index (Phi) is 10.4. The molecule has 1 nitrogen and oxygen atoms in total.